The molecule has 6 heteroatoms. The van der Waals surface area contributed by atoms with Crippen LogP contribution < -0.4 is 0 Å². The Bertz CT molecular complexity index is 981. The summed E-state index contributed by atoms with van der Waals surface area (Å²) in [5.74, 6) is 0.0215. The molecule has 0 radical (unpaired) electrons. The molecule has 2 aromatic carbocycles. The zero-order chi connectivity index (χ0) is 19.1. The third-order valence-electron chi connectivity index (χ3n) is 6.15. The van der Waals surface area contributed by atoms with Crippen molar-refractivity contribution in [3.8, 4) is 0 Å². The Morgan fingerprint density at radius 1 is 1.07 bits per heavy atom. The van der Waals surface area contributed by atoms with E-state index in [2.05, 4.69) is 10.1 Å². The van der Waals surface area contributed by atoms with E-state index in [0.29, 0.717) is 18.0 Å². The van der Waals surface area contributed by atoms with E-state index in [0.717, 1.165) is 61.2 Å². The van der Waals surface area contributed by atoms with Crippen molar-refractivity contribution in [1.82, 2.24) is 15.0 Å². The number of halogens is 2. The lowest BCUT2D eigenvalue weighted by atomic mass is 9.91. The van der Waals surface area contributed by atoms with E-state index >= 15 is 0 Å². The number of aromatic nitrogens is 1. The summed E-state index contributed by atoms with van der Waals surface area (Å²) < 4.78 is 33.3. The summed E-state index contributed by atoms with van der Waals surface area (Å²) in [6.45, 7) is 4.20. The lowest BCUT2D eigenvalue weighted by molar-refractivity contribution is 0.0779. The Balaban J connectivity index is 1.17. The number of fused-ring (bicyclic) bond motifs is 2. The fourth-order valence-electron chi connectivity index (χ4n) is 4.52. The Hall–Kier alpha value is -2.31. The van der Waals surface area contributed by atoms with Crippen LogP contribution in [0.1, 0.15) is 41.9 Å². The van der Waals surface area contributed by atoms with E-state index in [1.165, 1.54) is 12.1 Å². The fraction of sp³-hybridized carbons (Fsp3) is 0.409. The van der Waals surface area contributed by atoms with Crippen molar-refractivity contribution in [2.45, 2.75) is 31.6 Å². The van der Waals surface area contributed by atoms with Crippen LogP contribution in [0.3, 0.4) is 0 Å². The summed E-state index contributed by atoms with van der Waals surface area (Å²) >= 11 is 0. The molecule has 28 heavy (non-hydrogen) atoms. The standard InChI is InChI=1S/C22H23F2N3O/c23-17-5-6-19-20(13-17)28-25-21(19)15-7-9-26(10-8-15)11-12-27-14-16-3-1-2-4-18(16)22(27)24/h1-6,13,15,22H,7-12,14H2. The Labute approximate surface area is 162 Å². The van der Waals surface area contributed by atoms with Crippen LogP contribution in [-0.4, -0.2) is 41.1 Å². The van der Waals surface area contributed by atoms with Crippen molar-refractivity contribution >= 4 is 11.0 Å². The van der Waals surface area contributed by atoms with Crippen LogP contribution in [0.5, 0.6) is 0 Å². The summed E-state index contributed by atoms with van der Waals surface area (Å²) in [5, 5.41) is 5.12. The molecular weight excluding hydrogens is 360 g/mol. The first-order valence-electron chi connectivity index (χ1n) is 9.92. The molecule has 0 spiro atoms. The first-order chi connectivity index (χ1) is 13.7. The maximum absolute atomic E-state index is 14.6. The lowest BCUT2D eigenvalue weighted by Crippen LogP contribution is -2.38. The highest BCUT2D eigenvalue weighted by molar-refractivity contribution is 5.79. The van der Waals surface area contributed by atoms with Gasteiger partial charge in [-0.3, -0.25) is 4.90 Å². The van der Waals surface area contributed by atoms with Crippen LogP contribution in [0.15, 0.2) is 47.0 Å². The number of alkyl halides is 1. The molecule has 0 saturated carbocycles. The predicted octanol–water partition coefficient (Wildman–Crippen LogP) is 4.63. The van der Waals surface area contributed by atoms with Crippen molar-refractivity contribution in [3.05, 3.63) is 65.1 Å². The fourth-order valence-corrected chi connectivity index (χ4v) is 4.52. The maximum atomic E-state index is 14.6. The van der Waals surface area contributed by atoms with Gasteiger partial charge in [0.25, 0.3) is 0 Å². The van der Waals surface area contributed by atoms with Gasteiger partial charge in [0.2, 0.25) is 0 Å². The van der Waals surface area contributed by atoms with Gasteiger partial charge < -0.3 is 9.42 Å². The molecule has 0 N–H and O–H groups in total. The van der Waals surface area contributed by atoms with Crippen LogP contribution in [0.25, 0.3) is 11.0 Å². The lowest BCUT2D eigenvalue weighted by Gasteiger charge is -2.32. The van der Waals surface area contributed by atoms with Gasteiger partial charge in [0.15, 0.2) is 11.9 Å². The minimum atomic E-state index is -0.990. The highest BCUT2D eigenvalue weighted by Gasteiger charge is 2.30. The summed E-state index contributed by atoms with van der Waals surface area (Å²) in [7, 11) is 0. The predicted molar refractivity (Wildman–Crippen MR) is 103 cm³/mol. The molecule has 4 nitrogen and oxygen atoms in total. The molecule has 3 heterocycles. The van der Waals surface area contributed by atoms with Gasteiger partial charge in [0.05, 0.1) is 5.69 Å². The molecule has 5 rings (SSSR count). The first kappa shape index (κ1) is 17.8. The second-order valence-electron chi connectivity index (χ2n) is 7.83. The number of piperidine rings is 1. The molecule has 0 bridgehead atoms. The normalized spacial score (nSPS) is 21.4. The Kier molecular flexibility index (Phi) is 4.61. The van der Waals surface area contributed by atoms with Crippen LogP contribution in [-0.2, 0) is 6.54 Å². The van der Waals surface area contributed by atoms with E-state index in [1.807, 2.05) is 29.2 Å². The highest BCUT2D eigenvalue weighted by atomic mass is 19.1. The first-order valence-corrected chi connectivity index (χ1v) is 9.92. The second kappa shape index (κ2) is 7.26. The number of nitrogens with zero attached hydrogens (tertiary/aromatic N) is 3. The minimum Gasteiger partial charge on any atom is -0.356 e. The summed E-state index contributed by atoms with van der Waals surface area (Å²) in [6.07, 6.45) is 0.979. The van der Waals surface area contributed by atoms with Gasteiger partial charge in [0.1, 0.15) is 5.82 Å². The third kappa shape index (κ3) is 3.20. The van der Waals surface area contributed by atoms with Gasteiger partial charge in [-0.15, -0.1) is 0 Å². The molecular formula is C22H23F2N3O. The van der Waals surface area contributed by atoms with E-state index in [9.17, 15) is 8.78 Å². The maximum Gasteiger partial charge on any atom is 0.180 e. The van der Waals surface area contributed by atoms with Crippen molar-refractivity contribution in [2.75, 3.05) is 26.2 Å². The van der Waals surface area contributed by atoms with Crippen molar-refractivity contribution in [2.24, 2.45) is 0 Å². The summed E-state index contributed by atoms with van der Waals surface area (Å²) in [6, 6.07) is 12.4. The highest BCUT2D eigenvalue weighted by Crippen LogP contribution is 2.35. The van der Waals surface area contributed by atoms with Crippen LogP contribution >= 0.6 is 0 Å². The summed E-state index contributed by atoms with van der Waals surface area (Å²) in [4.78, 5) is 4.31. The average molecular weight is 383 g/mol. The molecule has 0 aliphatic carbocycles. The van der Waals surface area contributed by atoms with Crippen molar-refractivity contribution in [1.29, 1.82) is 0 Å². The largest absolute Gasteiger partial charge is 0.356 e. The molecule has 1 atom stereocenters. The average Bonchev–Trinajstić information content (AvgIpc) is 3.28. The molecule has 2 aliphatic heterocycles. The molecule has 1 unspecified atom stereocenters. The zero-order valence-electron chi connectivity index (χ0n) is 15.7. The molecule has 1 fully saturated rings. The van der Waals surface area contributed by atoms with Crippen molar-refractivity contribution in [3.63, 3.8) is 0 Å². The zero-order valence-corrected chi connectivity index (χ0v) is 15.7. The minimum absolute atomic E-state index is 0.305. The third-order valence-corrected chi connectivity index (χ3v) is 6.15. The topological polar surface area (TPSA) is 32.5 Å². The van der Waals surface area contributed by atoms with Crippen LogP contribution in [0.4, 0.5) is 8.78 Å². The van der Waals surface area contributed by atoms with E-state index in [-0.39, 0.29) is 5.82 Å². The number of hydrogen-bond donors (Lipinski definition) is 0. The van der Waals surface area contributed by atoms with Gasteiger partial charge in [0, 0.05) is 42.6 Å². The molecule has 146 valence electrons. The summed E-state index contributed by atoms with van der Waals surface area (Å²) in [5.41, 5.74) is 3.37. The quantitative estimate of drug-likeness (QED) is 0.615. The van der Waals surface area contributed by atoms with E-state index in [4.69, 9.17) is 4.52 Å². The molecule has 1 aromatic heterocycles. The number of benzene rings is 2. The van der Waals surface area contributed by atoms with Crippen molar-refractivity contribution < 1.29 is 13.3 Å². The van der Waals surface area contributed by atoms with Gasteiger partial charge in [-0.05, 0) is 43.6 Å². The molecule has 2 aliphatic rings. The Morgan fingerprint density at radius 3 is 2.71 bits per heavy atom. The van der Waals surface area contributed by atoms with Gasteiger partial charge in [-0.25, -0.2) is 8.78 Å². The molecule has 0 amide bonds. The van der Waals surface area contributed by atoms with Gasteiger partial charge in [-0.2, -0.15) is 0 Å². The molecule has 1 saturated heterocycles. The van der Waals surface area contributed by atoms with Gasteiger partial charge in [-0.1, -0.05) is 29.4 Å². The van der Waals surface area contributed by atoms with Crippen LogP contribution in [0.2, 0.25) is 0 Å². The van der Waals surface area contributed by atoms with E-state index in [1.54, 1.807) is 6.07 Å². The van der Waals surface area contributed by atoms with Crippen LogP contribution in [0, 0.1) is 5.82 Å². The number of likely N-dealkylation sites (tertiary alicyclic amines) is 1. The number of hydrogen-bond acceptors (Lipinski definition) is 4. The smallest absolute Gasteiger partial charge is 0.180 e. The SMILES string of the molecule is Fc1ccc2c(C3CCN(CCN4Cc5ccccc5C4F)CC3)noc2c1. The van der Waals surface area contributed by atoms with E-state index < -0.39 is 6.30 Å². The molecule has 3 aromatic rings. The number of rotatable bonds is 4. The Morgan fingerprint density at radius 2 is 1.89 bits per heavy atom. The van der Waals surface area contributed by atoms with Gasteiger partial charge >= 0.3 is 0 Å². The second-order valence-corrected chi connectivity index (χ2v) is 7.83. The monoisotopic (exact) mass is 383 g/mol.